The van der Waals surface area contributed by atoms with Gasteiger partial charge in [-0.25, -0.2) is 17.6 Å². The van der Waals surface area contributed by atoms with E-state index in [-0.39, 0.29) is 11.5 Å². The molecule has 2 aromatic rings. The second-order valence-corrected chi connectivity index (χ2v) is 7.38. The summed E-state index contributed by atoms with van der Waals surface area (Å²) in [5.74, 6) is -2.75. The first-order valence-corrected chi connectivity index (χ1v) is 9.60. The van der Waals surface area contributed by atoms with E-state index in [1.165, 1.54) is 25.0 Å². The fourth-order valence-corrected chi connectivity index (χ4v) is 4.00. The SMILES string of the molecule is CCCC1CCC(c2ccc(C(F)=C(F)c3ccc(F)cc3)c(F)c2)CC1. The number of hydrogen-bond acceptors (Lipinski definition) is 0. The van der Waals surface area contributed by atoms with Crippen LogP contribution >= 0.6 is 0 Å². The molecule has 144 valence electrons. The molecule has 0 unspecified atom stereocenters. The summed E-state index contributed by atoms with van der Waals surface area (Å²) in [7, 11) is 0. The van der Waals surface area contributed by atoms with E-state index >= 15 is 0 Å². The molecule has 0 aliphatic heterocycles. The van der Waals surface area contributed by atoms with Crippen molar-refractivity contribution in [3.63, 3.8) is 0 Å². The highest BCUT2D eigenvalue weighted by Gasteiger charge is 2.23. The molecule has 1 aliphatic rings. The van der Waals surface area contributed by atoms with Crippen LogP contribution in [0.15, 0.2) is 42.5 Å². The predicted molar refractivity (Wildman–Crippen MR) is 101 cm³/mol. The van der Waals surface area contributed by atoms with E-state index in [4.69, 9.17) is 0 Å². The Bertz CT molecular complexity index is 800. The standard InChI is InChI=1S/C23H24F4/c1-2-3-15-4-6-16(7-5-15)18-10-13-20(21(25)14-18)23(27)22(26)17-8-11-19(24)12-9-17/h8-16H,2-7H2,1H3. The molecule has 3 rings (SSSR count). The molecule has 27 heavy (non-hydrogen) atoms. The minimum Gasteiger partial charge on any atom is -0.207 e. The summed E-state index contributed by atoms with van der Waals surface area (Å²) in [5.41, 5.74) is 0.327. The van der Waals surface area contributed by atoms with Gasteiger partial charge >= 0.3 is 0 Å². The molecule has 0 atom stereocenters. The lowest BCUT2D eigenvalue weighted by molar-refractivity contribution is 0.308. The topological polar surface area (TPSA) is 0 Å². The second kappa shape index (κ2) is 8.73. The monoisotopic (exact) mass is 376 g/mol. The molecule has 0 aromatic heterocycles. The summed E-state index contributed by atoms with van der Waals surface area (Å²) in [6.45, 7) is 2.19. The van der Waals surface area contributed by atoms with Crippen molar-refractivity contribution in [1.29, 1.82) is 0 Å². The van der Waals surface area contributed by atoms with Crippen molar-refractivity contribution in [1.82, 2.24) is 0 Å². The average Bonchev–Trinajstić information content (AvgIpc) is 2.68. The van der Waals surface area contributed by atoms with Crippen molar-refractivity contribution < 1.29 is 17.6 Å². The van der Waals surface area contributed by atoms with E-state index in [9.17, 15) is 17.6 Å². The lowest BCUT2D eigenvalue weighted by atomic mass is 9.77. The van der Waals surface area contributed by atoms with Crippen LogP contribution in [0.2, 0.25) is 0 Å². The molecule has 4 heteroatoms. The Labute approximate surface area is 157 Å². The van der Waals surface area contributed by atoms with Crippen molar-refractivity contribution in [2.45, 2.75) is 51.4 Å². The average molecular weight is 376 g/mol. The lowest BCUT2D eigenvalue weighted by Crippen LogP contribution is -2.13. The van der Waals surface area contributed by atoms with Gasteiger partial charge in [-0.05, 0) is 79.5 Å². The Morgan fingerprint density at radius 2 is 1.56 bits per heavy atom. The Balaban J connectivity index is 1.78. The van der Waals surface area contributed by atoms with Crippen molar-refractivity contribution in [2.75, 3.05) is 0 Å². The normalized spacial score (nSPS) is 21.1. The van der Waals surface area contributed by atoms with Gasteiger partial charge in [0.15, 0.2) is 11.7 Å². The lowest BCUT2D eigenvalue weighted by Gasteiger charge is -2.28. The van der Waals surface area contributed by atoms with Gasteiger partial charge in [-0.1, -0.05) is 25.8 Å². The van der Waals surface area contributed by atoms with Gasteiger partial charge in [0.05, 0.1) is 0 Å². The highest BCUT2D eigenvalue weighted by molar-refractivity contribution is 5.83. The van der Waals surface area contributed by atoms with Crippen molar-refractivity contribution in [2.24, 2.45) is 5.92 Å². The van der Waals surface area contributed by atoms with E-state index in [1.54, 1.807) is 6.07 Å². The summed E-state index contributed by atoms with van der Waals surface area (Å²) in [6, 6.07) is 8.67. The highest BCUT2D eigenvalue weighted by atomic mass is 19.2. The number of benzene rings is 2. The molecule has 0 spiro atoms. The maximum absolute atomic E-state index is 14.5. The fraction of sp³-hybridized carbons (Fsp3) is 0.391. The summed E-state index contributed by atoms with van der Waals surface area (Å²) in [4.78, 5) is 0. The second-order valence-electron chi connectivity index (χ2n) is 7.38. The molecule has 2 aromatic carbocycles. The Hall–Kier alpha value is -2.10. The van der Waals surface area contributed by atoms with Gasteiger partial charge in [-0.15, -0.1) is 0 Å². The molecule has 0 radical (unpaired) electrons. The molecule has 0 saturated heterocycles. The Morgan fingerprint density at radius 1 is 0.889 bits per heavy atom. The van der Waals surface area contributed by atoms with Gasteiger partial charge in [0.1, 0.15) is 11.6 Å². The third-order valence-electron chi connectivity index (χ3n) is 5.54. The molecule has 0 bridgehead atoms. The van der Waals surface area contributed by atoms with Crippen LogP contribution in [-0.2, 0) is 0 Å². The number of halogens is 4. The summed E-state index contributed by atoms with van der Waals surface area (Å²) in [6.07, 6.45) is 6.70. The van der Waals surface area contributed by atoms with Crippen LogP contribution in [0.5, 0.6) is 0 Å². The maximum Gasteiger partial charge on any atom is 0.169 e. The van der Waals surface area contributed by atoms with E-state index in [0.29, 0.717) is 0 Å². The number of hydrogen-bond donors (Lipinski definition) is 0. The molecular formula is C23H24F4. The van der Waals surface area contributed by atoms with Gasteiger partial charge in [-0.2, -0.15) is 0 Å². The first-order chi connectivity index (χ1) is 13.0. The van der Waals surface area contributed by atoms with Gasteiger partial charge in [0.25, 0.3) is 0 Å². The minimum atomic E-state index is -1.27. The summed E-state index contributed by atoms with van der Waals surface area (Å²) < 4.78 is 56.2. The van der Waals surface area contributed by atoms with Gasteiger partial charge < -0.3 is 0 Å². The van der Waals surface area contributed by atoms with Crippen molar-refractivity contribution in [3.05, 3.63) is 70.8 Å². The van der Waals surface area contributed by atoms with Gasteiger partial charge in [0, 0.05) is 11.1 Å². The molecular weight excluding hydrogens is 352 g/mol. The van der Waals surface area contributed by atoms with Crippen LogP contribution in [0.1, 0.15) is 68.1 Å². The summed E-state index contributed by atoms with van der Waals surface area (Å²) >= 11 is 0. The molecule has 0 N–H and O–H groups in total. The van der Waals surface area contributed by atoms with Crippen LogP contribution in [0.3, 0.4) is 0 Å². The predicted octanol–water partition coefficient (Wildman–Crippen LogP) is 7.80. The van der Waals surface area contributed by atoms with Gasteiger partial charge in [0.2, 0.25) is 0 Å². The fourth-order valence-electron chi connectivity index (χ4n) is 4.00. The summed E-state index contributed by atoms with van der Waals surface area (Å²) in [5, 5.41) is 0. The first-order valence-electron chi connectivity index (χ1n) is 9.60. The van der Waals surface area contributed by atoms with Crippen LogP contribution in [0, 0.1) is 17.6 Å². The molecule has 0 amide bonds. The largest absolute Gasteiger partial charge is 0.207 e. The van der Waals surface area contributed by atoms with E-state index in [2.05, 4.69) is 6.92 Å². The Kier molecular flexibility index (Phi) is 6.35. The van der Waals surface area contributed by atoms with Crippen LogP contribution < -0.4 is 0 Å². The highest BCUT2D eigenvalue weighted by Crippen LogP contribution is 2.39. The zero-order chi connectivity index (χ0) is 19.4. The van der Waals surface area contributed by atoms with Crippen molar-refractivity contribution in [3.8, 4) is 0 Å². The van der Waals surface area contributed by atoms with Crippen molar-refractivity contribution >= 4 is 11.7 Å². The zero-order valence-electron chi connectivity index (χ0n) is 15.5. The third-order valence-corrected chi connectivity index (χ3v) is 5.54. The zero-order valence-corrected chi connectivity index (χ0v) is 15.5. The molecule has 0 nitrogen and oxygen atoms in total. The van der Waals surface area contributed by atoms with Crippen LogP contribution in [0.4, 0.5) is 17.6 Å². The van der Waals surface area contributed by atoms with Crippen LogP contribution in [-0.4, -0.2) is 0 Å². The smallest absolute Gasteiger partial charge is 0.169 e. The quantitative estimate of drug-likeness (QED) is 0.369. The molecule has 1 saturated carbocycles. The Morgan fingerprint density at radius 3 is 2.15 bits per heavy atom. The third kappa shape index (κ3) is 4.60. The van der Waals surface area contributed by atoms with Crippen LogP contribution in [0.25, 0.3) is 11.7 Å². The molecule has 1 aliphatic carbocycles. The maximum atomic E-state index is 14.5. The van der Waals surface area contributed by atoms with E-state index in [0.717, 1.165) is 61.4 Å². The van der Waals surface area contributed by atoms with Gasteiger partial charge in [-0.3, -0.25) is 0 Å². The first kappa shape index (κ1) is 19.7. The van der Waals surface area contributed by atoms with E-state index < -0.39 is 28.9 Å². The number of rotatable bonds is 5. The molecule has 0 heterocycles. The molecule has 1 fully saturated rings. The minimum absolute atomic E-state index is 0.119. The van der Waals surface area contributed by atoms with E-state index in [1.807, 2.05) is 0 Å².